The maximum atomic E-state index is 11.8. The lowest BCUT2D eigenvalue weighted by Crippen LogP contribution is -2.24. The first-order valence-corrected chi connectivity index (χ1v) is 6.58. The highest BCUT2D eigenvalue weighted by atomic mass is 79.9. The second kappa shape index (κ2) is 4.72. The first-order chi connectivity index (χ1) is 7.61. The topological polar surface area (TPSA) is 20.3 Å². The number of benzene rings is 1. The molecule has 1 saturated heterocycles. The summed E-state index contributed by atoms with van der Waals surface area (Å²) in [6.45, 7) is 4.47. The molecule has 16 heavy (non-hydrogen) atoms. The molecule has 1 heterocycles. The number of hydrogen-bond acceptors (Lipinski definition) is 1. The zero-order valence-electron chi connectivity index (χ0n) is 8.62. The average molecular weight is 345 g/mol. The Hall–Kier alpha value is -0.610. The van der Waals surface area contributed by atoms with Crippen LogP contribution in [0.25, 0.3) is 0 Å². The number of carbonyl (C=O) groups excluding carboxylic acids is 1. The molecule has 0 bridgehead atoms. The van der Waals surface area contributed by atoms with Gasteiger partial charge in [0.15, 0.2) is 0 Å². The molecule has 84 valence electrons. The van der Waals surface area contributed by atoms with Gasteiger partial charge in [-0.15, -0.1) is 6.58 Å². The van der Waals surface area contributed by atoms with Gasteiger partial charge in [0.2, 0.25) is 5.91 Å². The molecular weight excluding hydrogens is 334 g/mol. The smallest absolute Gasteiger partial charge is 0.227 e. The van der Waals surface area contributed by atoms with Gasteiger partial charge in [-0.2, -0.15) is 0 Å². The number of carbonyl (C=O) groups is 1. The molecule has 1 fully saturated rings. The minimum Gasteiger partial charge on any atom is -0.312 e. The first-order valence-electron chi connectivity index (χ1n) is 5.00. The third-order valence-electron chi connectivity index (χ3n) is 2.70. The second-order valence-electron chi connectivity index (χ2n) is 3.80. The molecule has 0 radical (unpaired) electrons. The molecule has 4 heteroatoms. The highest BCUT2D eigenvalue weighted by Gasteiger charge is 2.28. The minimum atomic E-state index is 0.166. The molecule has 1 aliphatic rings. The average Bonchev–Trinajstić information content (AvgIpc) is 2.64. The molecule has 1 amide bonds. The van der Waals surface area contributed by atoms with E-state index in [1.54, 1.807) is 0 Å². The van der Waals surface area contributed by atoms with Gasteiger partial charge in [0.05, 0.1) is 0 Å². The number of halogens is 2. The summed E-state index contributed by atoms with van der Waals surface area (Å²) in [5.41, 5.74) is 0.935. The van der Waals surface area contributed by atoms with E-state index in [1.807, 2.05) is 29.2 Å². The molecule has 0 spiro atoms. The molecule has 1 aliphatic heterocycles. The Bertz CT molecular complexity index is 445. The van der Waals surface area contributed by atoms with Gasteiger partial charge in [-0.1, -0.05) is 6.08 Å². The number of hydrogen-bond donors (Lipinski definition) is 0. The minimum absolute atomic E-state index is 0.166. The molecule has 2 nitrogen and oxygen atoms in total. The third-order valence-corrected chi connectivity index (χ3v) is 4.58. The van der Waals surface area contributed by atoms with Gasteiger partial charge < -0.3 is 4.90 Å². The largest absolute Gasteiger partial charge is 0.312 e. The number of nitrogens with zero attached hydrogens (tertiary/aromatic N) is 1. The number of amides is 1. The van der Waals surface area contributed by atoms with Crippen molar-refractivity contribution in [1.29, 1.82) is 0 Å². The van der Waals surface area contributed by atoms with Crippen LogP contribution in [0.5, 0.6) is 0 Å². The highest BCUT2D eigenvalue weighted by Crippen LogP contribution is 2.31. The summed E-state index contributed by atoms with van der Waals surface area (Å²) in [6, 6.07) is 5.83. The molecule has 0 saturated carbocycles. The third kappa shape index (κ3) is 2.23. The molecular formula is C12H11Br2NO. The van der Waals surface area contributed by atoms with Crippen LogP contribution in [0.2, 0.25) is 0 Å². The fourth-order valence-corrected chi connectivity index (χ4v) is 2.41. The van der Waals surface area contributed by atoms with Gasteiger partial charge in [0.1, 0.15) is 0 Å². The van der Waals surface area contributed by atoms with Crippen molar-refractivity contribution in [3.05, 3.63) is 39.8 Å². The van der Waals surface area contributed by atoms with Gasteiger partial charge in [-0.3, -0.25) is 4.79 Å². The molecule has 0 aliphatic carbocycles. The Kier molecular flexibility index (Phi) is 3.50. The van der Waals surface area contributed by atoms with Crippen LogP contribution in [0.15, 0.2) is 39.8 Å². The maximum absolute atomic E-state index is 11.8. The Morgan fingerprint density at radius 1 is 1.38 bits per heavy atom. The van der Waals surface area contributed by atoms with Crippen LogP contribution in [0.4, 0.5) is 5.69 Å². The van der Waals surface area contributed by atoms with Crippen LogP contribution in [0.3, 0.4) is 0 Å². The number of rotatable bonds is 2. The quantitative estimate of drug-likeness (QED) is 0.748. The molecule has 0 aromatic heterocycles. The summed E-state index contributed by atoms with van der Waals surface area (Å²) >= 11 is 6.85. The van der Waals surface area contributed by atoms with E-state index < -0.39 is 0 Å². The van der Waals surface area contributed by atoms with Gasteiger partial charge in [0.25, 0.3) is 0 Å². The monoisotopic (exact) mass is 343 g/mol. The SMILES string of the molecule is C=CC1CC(=O)N(c2ccc(Br)c(Br)c2)C1. The lowest BCUT2D eigenvalue weighted by atomic mass is 10.1. The van der Waals surface area contributed by atoms with Crippen LogP contribution < -0.4 is 4.90 Å². The summed E-state index contributed by atoms with van der Waals surface area (Å²) < 4.78 is 1.95. The van der Waals surface area contributed by atoms with Crippen molar-refractivity contribution in [3.63, 3.8) is 0 Å². The van der Waals surface area contributed by atoms with E-state index >= 15 is 0 Å². The molecule has 1 unspecified atom stereocenters. The van der Waals surface area contributed by atoms with E-state index in [2.05, 4.69) is 38.4 Å². The van der Waals surface area contributed by atoms with Crippen molar-refractivity contribution in [2.75, 3.05) is 11.4 Å². The summed E-state index contributed by atoms with van der Waals surface area (Å²) in [6.07, 6.45) is 2.42. The first kappa shape index (κ1) is 11.9. The van der Waals surface area contributed by atoms with Crippen molar-refractivity contribution in [2.24, 2.45) is 5.92 Å². The van der Waals surface area contributed by atoms with Gasteiger partial charge in [-0.25, -0.2) is 0 Å². The normalized spacial score (nSPS) is 20.2. The molecule has 0 N–H and O–H groups in total. The van der Waals surface area contributed by atoms with Crippen LogP contribution >= 0.6 is 31.9 Å². The zero-order valence-corrected chi connectivity index (χ0v) is 11.8. The van der Waals surface area contributed by atoms with Gasteiger partial charge in [0, 0.05) is 33.5 Å². The van der Waals surface area contributed by atoms with Crippen molar-refractivity contribution in [3.8, 4) is 0 Å². The van der Waals surface area contributed by atoms with Crippen LogP contribution in [0, 0.1) is 5.92 Å². The zero-order chi connectivity index (χ0) is 11.7. The van der Waals surface area contributed by atoms with Crippen molar-refractivity contribution in [1.82, 2.24) is 0 Å². The highest BCUT2D eigenvalue weighted by molar-refractivity contribution is 9.13. The van der Waals surface area contributed by atoms with E-state index in [4.69, 9.17) is 0 Å². The van der Waals surface area contributed by atoms with Crippen LogP contribution in [0.1, 0.15) is 6.42 Å². The van der Waals surface area contributed by atoms with Gasteiger partial charge in [-0.05, 0) is 50.1 Å². The Morgan fingerprint density at radius 3 is 2.69 bits per heavy atom. The summed E-state index contributed by atoms with van der Waals surface area (Å²) in [7, 11) is 0. The molecule has 2 rings (SSSR count). The maximum Gasteiger partial charge on any atom is 0.227 e. The second-order valence-corrected chi connectivity index (χ2v) is 5.51. The Morgan fingerprint density at radius 2 is 2.12 bits per heavy atom. The van der Waals surface area contributed by atoms with Crippen LogP contribution in [-0.4, -0.2) is 12.5 Å². The van der Waals surface area contributed by atoms with E-state index in [-0.39, 0.29) is 11.8 Å². The van der Waals surface area contributed by atoms with Gasteiger partial charge >= 0.3 is 0 Å². The van der Waals surface area contributed by atoms with E-state index in [9.17, 15) is 4.79 Å². The molecule has 1 aromatic rings. The van der Waals surface area contributed by atoms with E-state index in [0.29, 0.717) is 6.42 Å². The number of anilines is 1. The Labute approximate surface area is 112 Å². The predicted octanol–water partition coefficient (Wildman–Crippen LogP) is 3.75. The standard InChI is InChI=1S/C12H11Br2NO/c1-2-8-5-12(16)15(7-8)9-3-4-10(13)11(14)6-9/h2-4,6,8H,1,5,7H2. The Balaban J connectivity index is 2.27. The van der Waals surface area contributed by atoms with E-state index in [1.165, 1.54) is 0 Å². The van der Waals surface area contributed by atoms with Crippen molar-refractivity contribution < 1.29 is 4.79 Å². The predicted molar refractivity (Wildman–Crippen MR) is 72.5 cm³/mol. The van der Waals surface area contributed by atoms with Crippen LogP contribution in [-0.2, 0) is 4.79 Å². The summed E-state index contributed by atoms with van der Waals surface area (Å²) in [4.78, 5) is 13.6. The lowest BCUT2D eigenvalue weighted by Gasteiger charge is -2.16. The molecule has 1 atom stereocenters. The van der Waals surface area contributed by atoms with E-state index in [0.717, 1.165) is 21.2 Å². The molecule has 1 aromatic carbocycles. The van der Waals surface area contributed by atoms with Crippen molar-refractivity contribution >= 4 is 43.5 Å². The fraction of sp³-hybridized carbons (Fsp3) is 0.250. The van der Waals surface area contributed by atoms with Crippen molar-refractivity contribution in [2.45, 2.75) is 6.42 Å². The fourth-order valence-electron chi connectivity index (χ4n) is 1.80. The summed E-state index contributed by atoms with van der Waals surface area (Å²) in [5, 5.41) is 0. The lowest BCUT2D eigenvalue weighted by molar-refractivity contribution is -0.117. The summed E-state index contributed by atoms with van der Waals surface area (Å²) in [5.74, 6) is 0.439.